The fourth-order valence-electron chi connectivity index (χ4n) is 3.15. The first-order valence-corrected chi connectivity index (χ1v) is 6.91. The lowest BCUT2D eigenvalue weighted by Gasteiger charge is -2.40. The Morgan fingerprint density at radius 1 is 1.21 bits per heavy atom. The fourth-order valence-corrected chi connectivity index (χ4v) is 3.15. The van der Waals surface area contributed by atoms with Crippen LogP contribution in [0.4, 0.5) is 0 Å². The van der Waals surface area contributed by atoms with Crippen molar-refractivity contribution in [2.24, 2.45) is 16.3 Å². The summed E-state index contributed by atoms with van der Waals surface area (Å²) >= 11 is 0. The lowest BCUT2D eigenvalue weighted by atomic mass is 9.82. The molecule has 4 N–H and O–H groups in total. The average Bonchev–Trinajstić information content (AvgIpc) is 2.87. The van der Waals surface area contributed by atoms with E-state index in [0.29, 0.717) is 38.8 Å². The highest BCUT2D eigenvalue weighted by Crippen LogP contribution is 2.41. The molecule has 0 radical (unpaired) electrons. The summed E-state index contributed by atoms with van der Waals surface area (Å²) in [5.41, 5.74) is 4.27. The number of hydrogen-bond donors (Lipinski definition) is 3. The van der Waals surface area contributed by atoms with Gasteiger partial charge < -0.3 is 20.9 Å². The molecule has 2 rings (SSSR count). The molecule has 1 amide bonds. The van der Waals surface area contributed by atoms with Gasteiger partial charge in [0.25, 0.3) is 0 Å². The number of carbonyl (C=O) groups excluding carboxylic acids is 1. The topological polar surface area (TPSA) is 99.2 Å². The van der Waals surface area contributed by atoms with Gasteiger partial charge in [-0.05, 0) is 32.6 Å². The Kier molecular flexibility index (Phi) is 3.71. The zero-order valence-electron chi connectivity index (χ0n) is 11.4. The molecule has 1 saturated heterocycles. The molecule has 0 spiro atoms. The second-order valence-corrected chi connectivity index (χ2v) is 6.06. The maximum absolute atomic E-state index is 12.7. The summed E-state index contributed by atoms with van der Waals surface area (Å²) < 4.78 is 0. The van der Waals surface area contributed by atoms with Crippen molar-refractivity contribution in [1.29, 1.82) is 0 Å². The molecular weight excluding hydrogens is 246 g/mol. The summed E-state index contributed by atoms with van der Waals surface area (Å²) in [6, 6.07) is 0. The molecule has 19 heavy (non-hydrogen) atoms. The van der Waals surface area contributed by atoms with E-state index in [2.05, 4.69) is 5.16 Å². The van der Waals surface area contributed by atoms with E-state index in [1.807, 2.05) is 0 Å². The minimum absolute atomic E-state index is 0.0346. The van der Waals surface area contributed by atoms with E-state index in [-0.39, 0.29) is 11.7 Å². The third-order valence-corrected chi connectivity index (χ3v) is 4.59. The second kappa shape index (κ2) is 5.00. The van der Waals surface area contributed by atoms with Crippen LogP contribution in [-0.2, 0) is 4.79 Å². The highest BCUT2D eigenvalue weighted by Gasteiger charge is 2.48. The van der Waals surface area contributed by atoms with Gasteiger partial charge in [0.1, 0.15) is 5.41 Å². The second-order valence-electron chi connectivity index (χ2n) is 6.06. The van der Waals surface area contributed by atoms with Gasteiger partial charge in [0.15, 0.2) is 5.84 Å². The Hall–Kier alpha value is -1.30. The largest absolute Gasteiger partial charge is 0.409 e. The van der Waals surface area contributed by atoms with Gasteiger partial charge >= 0.3 is 0 Å². The predicted molar refractivity (Wildman–Crippen MR) is 70.7 cm³/mol. The fraction of sp³-hybridized carbons (Fsp3) is 0.846. The number of aliphatic hydroxyl groups is 1. The van der Waals surface area contributed by atoms with Crippen molar-refractivity contribution in [2.45, 2.75) is 51.0 Å². The molecule has 0 aromatic rings. The highest BCUT2D eigenvalue weighted by molar-refractivity contribution is 6.07. The van der Waals surface area contributed by atoms with Crippen molar-refractivity contribution < 1.29 is 15.1 Å². The zero-order chi connectivity index (χ0) is 14.1. The maximum Gasteiger partial charge on any atom is 0.236 e. The van der Waals surface area contributed by atoms with Crippen molar-refractivity contribution in [3.05, 3.63) is 0 Å². The SMILES string of the molecule is CC1(O)CCN(C(=O)C2(C(N)=NO)CCCC2)CC1. The van der Waals surface area contributed by atoms with E-state index in [0.717, 1.165) is 12.8 Å². The average molecular weight is 269 g/mol. The van der Waals surface area contributed by atoms with Crippen LogP contribution >= 0.6 is 0 Å². The van der Waals surface area contributed by atoms with Crippen LogP contribution < -0.4 is 5.73 Å². The molecule has 6 nitrogen and oxygen atoms in total. The normalized spacial score (nSPS) is 26.4. The van der Waals surface area contributed by atoms with Crippen molar-refractivity contribution >= 4 is 11.7 Å². The minimum Gasteiger partial charge on any atom is -0.409 e. The number of nitrogens with zero attached hydrogens (tertiary/aromatic N) is 2. The van der Waals surface area contributed by atoms with E-state index in [9.17, 15) is 9.90 Å². The number of oxime groups is 1. The molecule has 2 fully saturated rings. The van der Waals surface area contributed by atoms with E-state index < -0.39 is 11.0 Å². The Balaban J connectivity index is 2.13. The number of amides is 1. The van der Waals surface area contributed by atoms with Crippen LogP contribution in [0.15, 0.2) is 5.16 Å². The Bertz CT molecular complexity index is 377. The number of amidine groups is 1. The van der Waals surface area contributed by atoms with Crippen LogP contribution in [-0.4, -0.2) is 45.6 Å². The standard InChI is InChI=1S/C13H23N3O3/c1-12(18)6-8-16(9-7-12)11(17)13(10(14)15-19)4-2-3-5-13/h18-19H,2-9H2,1H3,(H2,14,15). The first kappa shape index (κ1) is 14.1. The third kappa shape index (κ3) is 2.54. The Morgan fingerprint density at radius 3 is 2.21 bits per heavy atom. The Morgan fingerprint density at radius 2 is 1.74 bits per heavy atom. The molecule has 0 bridgehead atoms. The molecule has 0 unspecified atom stereocenters. The summed E-state index contributed by atoms with van der Waals surface area (Å²) in [5.74, 6) is -0.0110. The molecule has 1 aliphatic heterocycles. The molecule has 1 aliphatic carbocycles. The van der Waals surface area contributed by atoms with Crippen molar-refractivity contribution in [3.8, 4) is 0 Å². The first-order chi connectivity index (χ1) is 8.91. The van der Waals surface area contributed by atoms with E-state index in [4.69, 9.17) is 10.9 Å². The minimum atomic E-state index is -0.821. The van der Waals surface area contributed by atoms with Crippen LogP contribution in [0.2, 0.25) is 0 Å². The predicted octanol–water partition coefficient (Wildman–Crippen LogP) is 0.667. The summed E-state index contributed by atoms with van der Waals surface area (Å²) in [7, 11) is 0. The van der Waals surface area contributed by atoms with Crippen molar-refractivity contribution in [3.63, 3.8) is 0 Å². The van der Waals surface area contributed by atoms with Crippen molar-refractivity contribution in [1.82, 2.24) is 4.90 Å². The van der Waals surface area contributed by atoms with Gasteiger partial charge in [0, 0.05) is 13.1 Å². The number of piperidine rings is 1. The van der Waals surface area contributed by atoms with E-state index >= 15 is 0 Å². The molecule has 108 valence electrons. The van der Waals surface area contributed by atoms with Crippen LogP contribution in [0.5, 0.6) is 0 Å². The first-order valence-electron chi connectivity index (χ1n) is 6.91. The lowest BCUT2D eigenvalue weighted by Crippen LogP contribution is -2.54. The Labute approximate surface area is 113 Å². The van der Waals surface area contributed by atoms with E-state index in [1.54, 1.807) is 11.8 Å². The maximum atomic E-state index is 12.7. The molecule has 0 atom stereocenters. The van der Waals surface area contributed by atoms with Crippen LogP contribution in [0.1, 0.15) is 45.4 Å². The van der Waals surface area contributed by atoms with Crippen LogP contribution in [0.3, 0.4) is 0 Å². The number of hydrogen-bond acceptors (Lipinski definition) is 4. The molecule has 6 heteroatoms. The van der Waals surface area contributed by atoms with Crippen molar-refractivity contribution in [2.75, 3.05) is 13.1 Å². The van der Waals surface area contributed by atoms with Gasteiger partial charge in [-0.25, -0.2) is 0 Å². The number of carbonyl (C=O) groups is 1. The highest BCUT2D eigenvalue weighted by atomic mass is 16.4. The molecule has 1 heterocycles. The summed E-state index contributed by atoms with van der Waals surface area (Å²) in [5, 5.41) is 22.0. The molecule has 0 aromatic carbocycles. The smallest absolute Gasteiger partial charge is 0.236 e. The molecule has 1 saturated carbocycles. The third-order valence-electron chi connectivity index (χ3n) is 4.59. The lowest BCUT2D eigenvalue weighted by molar-refractivity contribution is -0.142. The van der Waals surface area contributed by atoms with Gasteiger partial charge in [-0.1, -0.05) is 18.0 Å². The zero-order valence-corrected chi connectivity index (χ0v) is 11.4. The number of rotatable bonds is 2. The summed E-state index contributed by atoms with van der Waals surface area (Å²) in [4.78, 5) is 14.5. The van der Waals surface area contributed by atoms with Gasteiger partial charge in [0.05, 0.1) is 5.60 Å². The number of nitrogens with two attached hydrogens (primary N) is 1. The monoisotopic (exact) mass is 269 g/mol. The summed E-state index contributed by atoms with van der Waals surface area (Å²) in [6.45, 7) is 2.86. The molecule has 2 aliphatic rings. The van der Waals surface area contributed by atoms with Gasteiger partial charge in [-0.3, -0.25) is 4.79 Å². The number of likely N-dealkylation sites (tertiary alicyclic amines) is 1. The van der Waals surface area contributed by atoms with Gasteiger partial charge in [-0.2, -0.15) is 0 Å². The summed E-state index contributed by atoms with van der Waals surface area (Å²) in [6.07, 6.45) is 4.29. The van der Waals surface area contributed by atoms with Gasteiger partial charge in [-0.15, -0.1) is 0 Å². The van der Waals surface area contributed by atoms with Crippen LogP contribution in [0, 0.1) is 5.41 Å². The van der Waals surface area contributed by atoms with Crippen LogP contribution in [0.25, 0.3) is 0 Å². The quantitative estimate of drug-likeness (QED) is 0.297. The molecular formula is C13H23N3O3. The van der Waals surface area contributed by atoms with Gasteiger partial charge in [0.2, 0.25) is 5.91 Å². The van der Waals surface area contributed by atoms with E-state index in [1.165, 1.54) is 0 Å². The molecule has 0 aromatic heterocycles.